The zero-order chi connectivity index (χ0) is 12.3. The molecule has 1 saturated carbocycles. The van der Waals surface area contributed by atoms with E-state index in [1.807, 2.05) is 30.3 Å². The molecule has 1 aliphatic carbocycles. The van der Waals surface area contributed by atoms with Crippen molar-refractivity contribution in [3.05, 3.63) is 35.9 Å². The maximum absolute atomic E-state index is 11.3. The van der Waals surface area contributed by atoms with Crippen LogP contribution in [0.25, 0.3) is 0 Å². The van der Waals surface area contributed by atoms with Gasteiger partial charge in [0.15, 0.2) is 0 Å². The highest BCUT2D eigenvalue weighted by Gasteiger charge is 2.30. The van der Waals surface area contributed by atoms with Gasteiger partial charge in [-0.1, -0.05) is 30.3 Å². The van der Waals surface area contributed by atoms with Crippen LogP contribution in [0.3, 0.4) is 0 Å². The second-order valence-corrected chi connectivity index (χ2v) is 4.66. The number of Topliss-reactive ketones (excluding diaryl/α,β-unsaturated/α-hetero) is 1. The molecule has 0 unspecified atom stereocenters. The van der Waals surface area contributed by atoms with E-state index in [4.69, 9.17) is 0 Å². The fourth-order valence-corrected chi connectivity index (χ4v) is 2.50. The second kappa shape index (κ2) is 5.13. The van der Waals surface area contributed by atoms with Crippen LogP contribution in [0.15, 0.2) is 30.3 Å². The van der Waals surface area contributed by atoms with Gasteiger partial charge in [0.05, 0.1) is 0 Å². The maximum Gasteiger partial charge on any atom is 0.133 e. The van der Waals surface area contributed by atoms with E-state index in [1.54, 1.807) is 0 Å². The zero-order valence-electron chi connectivity index (χ0n) is 9.59. The van der Waals surface area contributed by atoms with Crippen LogP contribution in [0.4, 0.5) is 0 Å². The Morgan fingerprint density at radius 3 is 2.65 bits per heavy atom. The summed E-state index contributed by atoms with van der Waals surface area (Å²) in [6.45, 7) is 0. The van der Waals surface area contributed by atoms with Crippen molar-refractivity contribution in [2.45, 2.75) is 25.7 Å². The molecule has 0 N–H and O–H groups in total. The third kappa shape index (κ3) is 2.93. The molecule has 0 aromatic heterocycles. The van der Waals surface area contributed by atoms with Gasteiger partial charge in [-0.25, -0.2) is 0 Å². The lowest BCUT2D eigenvalue weighted by molar-refractivity contribution is -0.313. The Hall–Kier alpha value is -1.64. The third-order valence-corrected chi connectivity index (χ3v) is 3.45. The van der Waals surface area contributed by atoms with Crippen molar-refractivity contribution in [3.63, 3.8) is 0 Å². The lowest BCUT2D eigenvalue weighted by Gasteiger charge is -2.31. The summed E-state index contributed by atoms with van der Waals surface area (Å²) < 4.78 is 0. The molecule has 2 atom stereocenters. The predicted molar refractivity (Wildman–Crippen MR) is 61.0 cm³/mol. The summed E-state index contributed by atoms with van der Waals surface area (Å²) in [6, 6.07) is 9.80. The smallest absolute Gasteiger partial charge is 0.133 e. The Morgan fingerprint density at radius 2 is 2.00 bits per heavy atom. The van der Waals surface area contributed by atoms with Crippen molar-refractivity contribution in [1.29, 1.82) is 0 Å². The summed E-state index contributed by atoms with van der Waals surface area (Å²) in [6.07, 6.45) is 2.01. The Balaban J connectivity index is 2.08. The first-order valence-electron chi connectivity index (χ1n) is 5.93. The second-order valence-electron chi connectivity index (χ2n) is 4.66. The van der Waals surface area contributed by atoms with Crippen molar-refractivity contribution >= 4 is 11.8 Å². The summed E-state index contributed by atoms with van der Waals surface area (Å²) >= 11 is 0. The van der Waals surface area contributed by atoms with Crippen LogP contribution in [0.1, 0.15) is 24.8 Å². The molecule has 90 valence electrons. The minimum Gasteiger partial charge on any atom is -0.550 e. The lowest BCUT2D eigenvalue weighted by atomic mass is 9.76. The first-order valence-corrected chi connectivity index (χ1v) is 5.93. The SMILES string of the molecule is O=C1CC[C@@H](Cc2ccccc2)[C@@H](C(=O)[O-])C1. The fraction of sp³-hybridized carbons (Fsp3) is 0.429. The van der Waals surface area contributed by atoms with E-state index < -0.39 is 11.9 Å². The van der Waals surface area contributed by atoms with Crippen molar-refractivity contribution in [2.75, 3.05) is 0 Å². The van der Waals surface area contributed by atoms with Gasteiger partial charge in [-0.3, -0.25) is 4.79 Å². The number of ketones is 1. The fourth-order valence-electron chi connectivity index (χ4n) is 2.50. The number of aliphatic carboxylic acids is 1. The summed E-state index contributed by atoms with van der Waals surface area (Å²) in [5.74, 6) is -1.63. The summed E-state index contributed by atoms with van der Waals surface area (Å²) in [4.78, 5) is 22.3. The van der Waals surface area contributed by atoms with Gasteiger partial charge < -0.3 is 9.90 Å². The molecular weight excluding hydrogens is 216 g/mol. The van der Waals surface area contributed by atoms with Crippen LogP contribution < -0.4 is 5.11 Å². The first-order chi connectivity index (χ1) is 8.16. The van der Waals surface area contributed by atoms with Gasteiger partial charge in [0.1, 0.15) is 5.78 Å². The number of carbonyl (C=O) groups excluding carboxylic acids is 2. The first kappa shape index (κ1) is 11.8. The molecule has 0 spiro atoms. The third-order valence-electron chi connectivity index (χ3n) is 3.45. The molecule has 2 rings (SSSR count). The molecule has 0 radical (unpaired) electrons. The highest BCUT2D eigenvalue weighted by atomic mass is 16.4. The zero-order valence-corrected chi connectivity index (χ0v) is 9.59. The highest BCUT2D eigenvalue weighted by molar-refractivity contribution is 5.84. The van der Waals surface area contributed by atoms with Gasteiger partial charge in [-0.2, -0.15) is 0 Å². The minimum absolute atomic E-state index is 0.0279. The highest BCUT2D eigenvalue weighted by Crippen LogP contribution is 2.30. The van der Waals surface area contributed by atoms with Crippen LogP contribution in [-0.4, -0.2) is 11.8 Å². The lowest BCUT2D eigenvalue weighted by Crippen LogP contribution is -2.40. The molecule has 0 bridgehead atoms. The Morgan fingerprint density at radius 1 is 1.29 bits per heavy atom. The number of benzene rings is 1. The van der Waals surface area contributed by atoms with Crippen molar-refractivity contribution in [3.8, 4) is 0 Å². The molecule has 0 amide bonds. The molecule has 1 aliphatic rings. The number of hydrogen-bond acceptors (Lipinski definition) is 3. The normalized spacial score (nSPS) is 24.6. The van der Waals surface area contributed by atoms with E-state index in [0.717, 1.165) is 5.56 Å². The van der Waals surface area contributed by atoms with Crippen LogP contribution in [0, 0.1) is 11.8 Å². The van der Waals surface area contributed by atoms with Crippen LogP contribution in [0.5, 0.6) is 0 Å². The average Bonchev–Trinajstić information content (AvgIpc) is 2.32. The summed E-state index contributed by atoms with van der Waals surface area (Å²) in [7, 11) is 0. The number of rotatable bonds is 3. The molecule has 1 aromatic carbocycles. The van der Waals surface area contributed by atoms with Crippen LogP contribution in [0.2, 0.25) is 0 Å². The summed E-state index contributed by atoms with van der Waals surface area (Å²) in [5, 5.41) is 11.0. The molecule has 0 saturated heterocycles. The quantitative estimate of drug-likeness (QED) is 0.778. The number of carboxylic acid groups (broad SMARTS) is 1. The topological polar surface area (TPSA) is 57.2 Å². The Bertz CT molecular complexity index is 411. The van der Waals surface area contributed by atoms with Crippen molar-refractivity contribution in [1.82, 2.24) is 0 Å². The van der Waals surface area contributed by atoms with Gasteiger partial charge in [-0.05, 0) is 24.3 Å². The van der Waals surface area contributed by atoms with Crippen LogP contribution >= 0.6 is 0 Å². The van der Waals surface area contributed by atoms with Crippen molar-refractivity contribution < 1.29 is 14.7 Å². The Kier molecular flexibility index (Phi) is 3.57. The van der Waals surface area contributed by atoms with Gasteiger partial charge in [-0.15, -0.1) is 0 Å². The van der Waals surface area contributed by atoms with E-state index in [0.29, 0.717) is 19.3 Å². The van der Waals surface area contributed by atoms with Gasteiger partial charge in [0.25, 0.3) is 0 Å². The van der Waals surface area contributed by atoms with Gasteiger partial charge in [0.2, 0.25) is 0 Å². The minimum atomic E-state index is -1.08. The average molecular weight is 231 g/mol. The van der Waals surface area contributed by atoms with E-state index in [2.05, 4.69) is 0 Å². The molecule has 3 nitrogen and oxygen atoms in total. The van der Waals surface area contributed by atoms with E-state index in [1.165, 1.54) is 0 Å². The van der Waals surface area contributed by atoms with E-state index in [9.17, 15) is 14.7 Å². The number of carboxylic acids is 1. The monoisotopic (exact) mass is 231 g/mol. The molecule has 1 aromatic rings. The van der Waals surface area contributed by atoms with Crippen LogP contribution in [-0.2, 0) is 16.0 Å². The van der Waals surface area contributed by atoms with Gasteiger partial charge in [0, 0.05) is 24.7 Å². The largest absolute Gasteiger partial charge is 0.550 e. The molecule has 0 aliphatic heterocycles. The molecule has 17 heavy (non-hydrogen) atoms. The maximum atomic E-state index is 11.3. The van der Waals surface area contributed by atoms with E-state index in [-0.39, 0.29) is 18.1 Å². The van der Waals surface area contributed by atoms with Gasteiger partial charge >= 0.3 is 0 Å². The van der Waals surface area contributed by atoms with E-state index >= 15 is 0 Å². The standard InChI is InChI=1S/C14H16O3/c15-12-7-6-11(13(9-12)14(16)17)8-10-4-2-1-3-5-10/h1-5,11,13H,6-9H2,(H,16,17)/p-1/t11-,13-/m0/s1. The number of carbonyl (C=O) groups is 2. The predicted octanol–water partition coefficient (Wildman–Crippen LogP) is 0.964. The molecular formula is C14H15O3-. The molecule has 3 heteroatoms. The van der Waals surface area contributed by atoms with Crippen molar-refractivity contribution in [2.24, 2.45) is 11.8 Å². The number of hydrogen-bond donors (Lipinski definition) is 0. The summed E-state index contributed by atoms with van der Waals surface area (Å²) in [5.41, 5.74) is 1.12. The molecule has 1 fully saturated rings. The Labute approximate surface area is 100 Å². The molecule has 0 heterocycles.